The maximum absolute atomic E-state index is 12.7. The van der Waals surface area contributed by atoms with Gasteiger partial charge in [-0.1, -0.05) is 11.6 Å². The maximum atomic E-state index is 12.7. The summed E-state index contributed by atoms with van der Waals surface area (Å²) < 4.78 is 12.7. The van der Waals surface area contributed by atoms with E-state index in [0.717, 1.165) is 12.3 Å². The molecule has 21 heavy (non-hydrogen) atoms. The molecule has 1 heterocycles. The number of benzene rings is 1. The van der Waals surface area contributed by atoms with Crippen molar-refractivity contribution in [1.82, 2.24) is 10.3 Å². The van der Waals surface area contributed by atoms with E-state index < -0.39 is 11.9 Å². The molecule has 1 aromatic carbocycles. The molecule has 0 aliphatic carbocycles. The van der Waals surface area contributed by atoms with Crippen LogP contribution in [-0.4, -0.2) is 23.8 Å². The SMILES string of the molecule is CNC(=O)c1cc(NC(=O)c2ccc(F)nc2)ccc1Cl. The summed E-state index contributed by atoms with van der Waals surface area (Å²) in [5, 5.41) is 5.31. The topological polar surface area (TPSA) is 71.1 Å². The van der Waals surface area contributed by atoms with E-state index >= 15 is 0 Å². The van der Waals surface area contributed by atoms with Crippen LogP contribution in [0.25, 0.3) is 0 Å². The monoisotopic (exact) mass is 307 g/mol. The Kier molecular flexibility index (Phi) is 4.49. The molecule has 0 fully saturated rings. The van der Waals surface area contributed by atoms with E-state index in [1.54, 1.807) is 6.07 Å². The summed E-state index contributed by atoms with van der Waals surface area (Å²) in [6.07, 6.45) is 1.13. The summed E-state index contributed by atoms with van der Waals surface area (Å²) in [4.78, 5) is 27.0. The van der Waals surface area contributed by atoms with Crippen molar-refractivity contribution in [3.63, 3.8) is 0 Å². The third-order valence-electron chi connectivity index (χ3n) is 2.69. The smallest absolute Gasteiger partial charge is 0.257 e. The molecule has 0 radical (unpaired) electrons. The van der Waals surface area contributed by atoms with Gasteiger partial charge in [-0.2, -0.15) is 4.39 Å². The largest absolute Gasteiger partial charge is 0.355 e. The molecule has 0 atom stereocenters. The lowest BCUT2D eigenvalue weighted by atomic mass is 10.1. The average molecular weight is 308 g/mol. The molecule has 0 unspecified atom stereocenters. The van der Waals surface area contributed by atoms with Crippen LogP contribution >= 0.6 is 11.6 Å². The molecule has 0 bridgehead atoms. The van der Waals surface area contributed by atoms with E-state index in [1.807, 2.05) is 0 Å². The van der Waals surface area contributed by atoms with Gasteiger partial charge >= 0.3 is 0 Å². The van der Waals surface area contributed by atoms with Crippen LogP contribution in [0.5, 0.6) is 0 Å². The summed E-state index contributed by atoms with van der Waals surface area (Å²) in [6.45, 7) is 0. The molecular formula is C14H11ClFN3O2. The number of nitrogens with zero attached hydrogens (tertiary/aromatic N) is 1. The normalized spacial score (nSPS) is 10.0. The number of carbonyl (C=O) groups is 2. The molecule has 0 spiro atoms. The fraction of sp³-hybridized carbons (Fsp3) is 0.0714. The molecule has 2 amide bonds. The van der Waals surface area contributed by atoms with Crippen LogP contribution < -0.4 is 10.6 Å². The highest BCUT2D eigenvalue weighted by atomic mass is 35.5. The molecule has 0 saturated heterocycles. The molecule has 0 aliphatic rings. The molecule has 0 aliphatic heterocycles. The predicted molar refractivity (Wildman–Crippen MR) is 77.0 cm³/mol. The van der Waals surface area contributed by atoms with Crippen LogP contribution in [0.3, 0.4) is 0 Å². The van der Waals surface area contributed by atoms with Crippen molar-refractivity contribution in [3.05, 3.63) is 58.6 Å². The highest BCUT2D eigenvalue weighted by Crippen LogP contribution is 2.21. The Morgan fingerprint density at radius 3 is 2.57 bits per heavy atom. The molecule has 2 N–H and O–H groups in total. The number of hydrogen-bond donors (Lipinski definition) is 2. The summed E-state index contributed by atoms with van der Waals surface area (Å²) >= 11 is 5.92. The zero-order valence-electron chi connectivity index (χ0n) is 11.0. The number of halogens is 2. The second-order valence-corrected chi connectivity index (χ2v) is 4.50. The number of aromatic nitrogens is 1. The average Bonchev–Trinajstić information content (AvgIpc) is 2.49. The number of carbonyl (C=O) groups excluding carboxylic acids is 2. The molecule has 2 rings (SSSR count). The second kappa shape index (κ2) is 6.32. The fourth-order valence-corrected chi connectivity index (χ4v) is 1.83. The molecule has 0 saturated carbocycles. The van der Waals surface area contributed by atoms with Crippen molar-refractivity contribution in [2.75, 3.05) is 12.4 Å². The van der Waals surface area contributed by atoms with E-state index in [0.29, 0.717) is 5.69 Å². The maximum Gasteiger partial charge on any atom is 0.257 e. The number of hydrogen-bond acceptors (Lipinski definition) is 3. The van der Waals surface area contributed by atoms with Gasteiger partial charge in [0.05, 0.1) is 16.1 Å². The van der Waals surface area contributed by atoms with Crippen LogP contribution in [-0.2, 0) is 0 Å². The van der Waals surface area contributed by atoms with E-state index in [-0.39, 0.29) is 22.1 Å². The molecule has 5 nitrogen and oxygen atoms in total. The number of anilines is 1. The molecule has 108 valence electrons. The fourth-order valence-electron chi connectivity index (χ4n) is 1.63. The van der Waals surface area contributed by atoms with E-state index in [9.17, 15) is 14.0 Å². The third-order valence-corrected chi connectivity index (χ3v) is 3.02. The van der Waals surface area contributed by atoms with Crippen LogP contribution in [0.1, 0.15) is 20.7 Å². The minimum Gasteiger partial charge on any atom is -0.355 e. The zero-order chi connectivity index (χ0) is 15.4. The van der Waals surface area contributed by atoms with Crippen molar-refractivity contribution < 1.29 is 14.0 Å². The standard InChI is InChI=1S/C14H11ClFN3O2/c1-17-14(21)10-6-9(3-4-11(10)15)19-13(20)8-2-5-12(16)18-7-8/h2-7H,1H3,(H,17,21)(H,19,20). The van der Waals surface area contributed by atoms with Crippen molar-refractivity contribution in [2.24, 2.45) is 0 Å². The lowest BCUT2D eigenvalue weighted by Gasteiger charge is -2.08. The lowest BCUT2D eigenvalue weighted by Crippen LogP contribution is -2.19. The van der Waals surface area contributed by atoms with Crippen LogP contribution in [0.4, 0.5) is 10.1 Å². The molecule has 7 heteroatoms. The Morgan fingerprint density at radius 1 is 1.19 bits per heavy atom. The predicted octanol–water partition coefficient (Wildman–Crippen LogP) is 2.49. The van der Waals surface area contributed by atoms with E-state index in [4.69, 9.17) is 11.6 Å². The highest BCUT2D eigenvalue weighted by molar-refractivity contribution is 6.34. The van der Waals surface area contributed by atoms with Gasteiger partial charge < -0.3 is 10.6 Å². The first kappa shape index (κ1) is 14.9. The van der Waals surface area contributed by atoms with Crippen molar-refractivity contribution in [2.45, 2.75) is 0 Å². The minimum absolute atomic E-state index is 0.202. The Morgan fingerprint density at radius 2 is 1.95 bits per heavy atom. The van der Waals surface area contributed by atoms with Gasteiger partial charge in [-0.25, -0.2) is 4.98 Å². The molecular weight excluding hydrogens is 297 g/mol. The van der Waals surface area contributed by atoms with Gasteiger partial charge in [0.1, 0.15) is 0 Å². The number of pyridine rings is 1. The van der Waals surface area contributed by atoms with Crippen molar-refractivity contribution in [3.8, 4) is 0 Å². The van der Waals surface area contributed by atoms with Gasteiger partial charge in [0.2, 0.25) is 5.95 Å². The van der Waals surface area contributed by atoms with Crippen LogP contribution in [0.2, 0.25) is 5.02 Å². The summed E-state index contributed by atoms with van der Waals surface area (Å²) in [5.41, 5.74) is 0.842. The van der Waals surface area contributed by atoms with Gasteiger partial charge in [0.25, 0.3) is 11.8 Å². The highest BCUT2D eigenvalue weighted by Gasteiger charge is 2.12. The van der Waals surface area contributed by atoms with Gasteiger partial charge in [-0.3, -0.25) is 9.59 Å². The number of rotatable bonds is 3. The summed E-state index contributed by atoms with van der Waals surface area (Å²) in [6, 6.07) is 6.92. The first-order chi connectivity index (χ1) is 10.0. The van der Waals surface area contributed by atoms with Crippen molar-refractivity contribution in [1.29, 1.82) is 0 Å². The Hall–Kier alpha value is -2.47. The minimum atomic E-state index is -0.667. The number of amides is 2. The Bertz CT molecular complexity index is 689. The van der Waals surface area contributed by atoms with Gasteiger partial charge in [0.15, 0.2) is 0 Å². The zero-order valence-corrected chi connectivity index (χ0v) is 11.7. The molecule has 2 aromatic rings. The first-order valence-electron chi connectivity index (χ1n) is 5.96. The van der Waals surface area contributed by atoms with Crippen LogP contribution in [0.15, 0.2) is 36.5 Å². The third kappa shape index (κ3) is 3.55. The van der Waals surface area contributed by atoms with Gasteiger partial charge in [-0.05, 0) is 30.3 Å². The van der Waals surface area contributed by atoms with Crippen molar-refractivity contribution >= 4 is 29.1 Å². The summed E-state index contributed by atoms with van der Waals surface area (Å²) in [5.74, 6) is -1.49. The van der Waals surface area contributed by atoms with Crippen LogP contribution in [0, 0.1) is 5.95 Å². The Labute approximate surface area is 125 Å². The number of nitrogens with one attached hydrogen (secondary N) is 2. The van der Waals surface area contributed by atoms with Gasteiger partial charge in [0, 0.05) is 18.9 Å². The lowest BCUT2D eigenvalue weighted by molar-refractivity contribution is 0.0961. The molecule has 1 aromatic heterocycles. The van der Waals surface area contributed by atoms with E-state index in [2.05, 4.69) is 15.6 Å². The van der Waals surface area contributed by atoms with E-state index in [1.165, 1.54) is 25.2 Å². The second-order valence-electron chi connectivity index (χ2n) is 4.10. The van der Waals surface area contributed by atoms with Gasteiger partial charge in [-0.15, -0.1) is 0 Å². The Balaban J connectivity index is 2.21. The quantitative estimate of drug-likeness (QED) is 0.856. The first-order valence-corrected chi connectivity index (χ1v) is 6.33. The summed E-state index contributed by atoms with van der Waals surface area (Å²) in [7, 11) is 1.48.